The minimum absolute atomic E-state index is 0.0163. The van der Waals surface area contributed by atoms with Crippen molar-refractivity contribution in [2.75, 3.05) is 13.6 Å². The minimum atomic E-state index is -0.197. The van der Waals surface area contributed by atoms with Crippen LogP contribution in [0.4, 0.5) is 0 Å². The van der Waals surface area contributed by atoms with Crippen LogP contribution in [0.5, 0.6) is 0 Å². The predicted octanol–water partition coefficient (Wildman–Crippen LogP) is 0.529. The van der Waals surface area contributed by atoms with Crippen molar-refractivity contribution in [3.8, 4) is 6.07 Å². The highest BCUT2D eigenvalue weighted by Crippen LogP contribution is 1.95. The maximum absolute atomic E-state index is 11.7. The first-order valence-electron chi connectivity index (χ1n) is 5.32. The Morgan fingerprint density at radius 3 is 2.88 bits per heavy atom. The maximum Gasteiger partial charge on any atom is 0.251 e. The molecule has 0 saturated heterocycles. The first-order chi connectivity index (χ1) is 8.04. The summed E-state index contributed by atoms with van der Waals surface area (Å²) in [6.07, 6.45) is 1.95. The van der Waals surface area contributed by atoms with Gasteiger partial charge in [0.15, 0.2) is 0 Å². The predicted molar refractivity (Wildman–Crippen MR) is 63.3 cm³/mol. The summed E-state index contributed by atoms with van der Waals surface area (Å²) in [5, 5.41) is 8.42. The highest BCUT2D eigenvalue weighted by atomic mass is 16.2. The molecular formula is C12H15N3O2. The maximum atomic E-state index is 11.7. The Hall–Kier alpha value is -2.09. The monoisotopic (exact) mass is 233 g/mol. The number of aromatic nitrogens is 1. The Labute approximate surface area is 99.9 Å². The van der Waals surface area contributed by atoms with E-state index in [0.717, 1.165) is 5.56 Å². The zero-order valence-corrected chi connectivity index (χ0v) is 10.0. The number of amides is 1. The molecule has 0 aliphatic rings. The lowest BCUT2D eigenvalue weighted by atomic mass is 10.3. The number of rotatable bonds is 4. The Morgan fingerprint density at radius 2 is 2.24 bits per heavy atom. The Kier molecular flexibility index (Phi) is 4.46. The summed E-state index contributed by atoms with van der Waals surface area (Å²) < 4.78 is 1.38. The average molecular weight is 233 g/mol. The van der Waals surface area contributed by atoms with E-state index >= 15 is 0 Å². The zero-order chi connectivity index (χ0) is 12.8. The summed E-state index contributed by atoms with van der Waals surface area (Å²) in [7, 11) is 1.63. The molecule has 5 nitrogen and oxygen atoms in total. The van der Waals surface area contributed by atoms with Crippen molar-refractivity contribution in [3.05, 3.63) is 34.2 Å². The van der Waals surface area contributed by atoms with E-state index in [9.17, 15) is 9.59 Å². The van der Waals surface area contributed by atoms with Gasteiger partial charge in [-0.05, 0) is 12.5 Å². The van der Waals surface area contributed by atoms with E-state index in [1.54, 1.807) is 19.3 Å². The summed E-state index contributed by atoms with van der Waals surface area (Å²) in [4.78, 5) is 24.7. The van der Waals surface area contributed by atoms with Crippen LogP contribution in [0.25, 0.3) is 0 Å². The van der Waals surface area contributed by atoms with Gasteiger partial charge in [-0.25, -0.2) is 0 Å². The molecule has 0 atom stereocenters. The minimum Gasteiger partial charge on any atom is -0.343 e. The van der Waals surface area contributed by atoms with Gasteiger partial charge in [-0.1, -0.05) is 6.07 Å². The molecule has 90 valence electrons. The Morgan fingerprint density at radius 1 is 1.53 bits per heavy atom. The third-order valence-electron chi connectivity index (χ3n) is 2.42. The summed E-state index contributed by atoms with van der Waals surface area (Å²) in [5.74, 6) is -0.173. The van der Waals surface area contributed by atoms with E-state index < -0.39 is 0 Å². The average Bonchev–Trinajstić information content (AvgIpc) is 2.30. The summed E-state index contributed by atoms with van der Waals surface area (Å²) in [6, 6.07) is 5.13. The smallest absolute Gasteiger partial charge is 0.251 e. The van der Waals surface area contributed by atoms with Crippen LogP contribution in [-0.2, 0) is 11.3 Å². The van der Waals surface area contributed by atoms with Crippen LogP contribution in [0.1, 0.15) is 12.0 Å². The second kappa shape index (κ2) is 5.85. The molecule has 17 heavy (non-hydrogen) atoms. The van der Waals surface area contributed by atoms with Gasteiger partial charge in [0.1, 0.15) is 6.54 Å². The Balaban J connectivity index is 2.71. The molecule has 0 saturated carbocycles. The fourth-order valence-electron chi connectivity index (χ4n) is 1.38. The molecule has 1 aromatic heterocycles. The van der Waals surface area contributed by atoms with Crippen LogP contribution in [0.15, 0.2) is 23.1 Å². The molecule has 0 aromatic carbocycles. The van der Waals surface area contributed by atoms with Crippen molar-refractivity contribution in [2.45, 2.75) is 19.9 Å². The summed E-state index contributed by atoms with van der Waals surface area (Å²) in [6.45, 7) is 2.26. The van der Waals surface area contributed by atoms with Gasteiger partial charge >= 0.3 is 0 Å². The van der Waals surface area contributed by atoms with Crippen LogP contribution < -0.4 is 5.56 Å². The quantitative estimate of drug-likeness (QED) is 0.761. The molecule has 0 bridgehead atoms. The van der Waals surface area contributed by atoms with E-state index in [0.29, 0.717) is 13.0 Å². The lowest BCUT2D eigenvalue weighted by Gasteiger charge is -2.16. The molecule has 0 radical (unpaired) electrons. The van der Waals surface area contributed by atoms with Crippen molar-refractivity contribution in [3.63, 3.8) is 0 Å². The highest BCUT2D eigenvalue weighted by molar-refractivity contribution is 5.75. The molecule has 0 N–H and O–H groups in total. The number of hydrogen-bond donors (Lipinski definition) is 0. The van der Waals surface area contributed by atoms with Crippen LogP contribution in [0.2, 0.25) is 0 Å². The van der Waals surface area contributed by atoms with Crippen molar-refractivity contribution in [2.24, 2.45) is 0 Å². The first kappa shape index (κ1) is 13.0. The standard InChI is InChI=1S/C12H15N3O2/c1-10-4-5-11(16)15(8-10)9-12(17)14(2)7-3-6-13/h4-5,8H,3,7,9H2,1-2H3. The number of likely N-dealkylation sites (N-methyl/N-ethyl adjacent to an activating group) is 1. The van der Waals surface area contributed by atoms with Gasteiger partial charge < -0.3 is 9.47 Å². The molecule has 1 aromatic rings. The topological polar surface area (TPSA) is 66.1 Å². The third kappa shape index (κ3) is 3.76. The fourth-order valence-corrected chi connectivity index (χ4v) is 1.38. The highest BCUT2D eigenvalue weighted by Gasteiger charge is 2.09. The van der Waals surface area contributed by atoms with Crippen LogP contribution in [-0.4, -0.2) is 29.0 Å². The largest absolute Gasteiger partial charge is 0.343 e. The molecule has 1 rings (SSSR count). The molecule has 5 heteroatoms. The molecule has 0 fully saturated rings. The molecule has 0 aliphatic carbocycles. The van der Waals surface area contributed by atoms with Gasteiger partial charge in [0.05, 0.1) is 12.5 Å². The van der Waals surface area contributed by atoms with E-state index in [2.05, 4.69) is 0 Å². The van der Waals surface area contributed by atoms with Crippen molar-refractivity contribution >= 4 is 5.91 Å². The van der Waals surface area contributed by atoms with Gasteiger partial charge in [0.2, 0.25) is 5.91 Å². The number of hydrogen-bond acceptors (Lipinski definition) is 3. The molecule has 1 heterocycles. The van der Waals surface area contributed by atoms with E-state index in [1.165, 1.54) is 15.5 Å². The lowest BCUT2D eigenvalue weighted by Crippen LogP contribution is -2.34. The van der Waals surface area contributed by atoms with E-state index in [-0.39, 0.29) is 18.0 Å². The van der Waals surface area contributed by atoms with Gasteiger partial charge in [0.25, 0.3) is 5.56 Å². The molecule has 0 aliphatic heterocycles. The number of aryl methyl sites for hydroxylation is 1. The number of carbonyl (C=O) groups is 1. The van der Waals surface area contributed by atoms with Crippen LogP contribution in [0, 0.1) is 18.3 Å². The molecule has 0 unspecified atom stereocenters. The van der Waals surface area contributed by atoms with E-state index in [1.807, 2.05) is 13.0 Å². The van der Waals surface area contributed by atoms with E-state index in [4.69, 9.17) is 5.26 Å². The number of pyridine rings is 1. The van der Waals surface area contributed by atoms with Gasteiger partial charge in [-0.3, -0.25) is 9.59 Å². The molecule has 1 amide bonds. The first-order valence-corrected chi connectivity index (χ1v) is 5.32. The molecule has 0 spiro atoms. The van der Waals surface area contributed by atoms with Gasteiger partial charge in [-0.15, -0.1) is 0 Å². The normalized spacial score (nSPS) is 9.71. The van der Waals surface area contributed by atoms with Crippen LogP contribution >= 0.6 is 0 Å². The van der Waals surface area contributed by atoms with Gasteiger partial charge in [0, 0.05) is 25.9 Å². The van der Waals surface area contributed by atoms with Crippen molar-refractivity contribution < 1.29 is 4.79 Å². The SMILES string of the molecule is Cc1ccc(=O)n(CC(=O)N(C)CCC#N)c1. The molecular weight excluding hydrogens is 218 g/mol. The lowest BCUT2D eigenvalue weighted by molar-refractivity contribution is -0.130. The number of nitriles is 1. The summed E-state index contributed by atoms with van der Waals surface area (Å²) in [5.41, 5.74) is 0.731. The fraction of sp³-hybridized carbons (Fsp3) is 0.417. The van der Waals surface area contributed by atoms with Gasteiger partial charge in [-0.2, -0.15) is 5.26 Å². The van der Waals surface area contributed by atoms with Crippen LogP contribution in [0.3, 0.4) is 0 Å². The Bertz CT molecular complexity index is 499. The third-order valence-corrected chi connectivity index (χ3v) is 2.42. The second-order valence-electron chi connectivity index (χ2n) is 3.90. The summed E-state index contributed by atoms with van der Waals surface area (Å²) >= 11 is 0. The second-order valence-corrected chi connectivity index (χ2v) is 3.90. The number of carbonyl (C=O) groups excluding carboxylic acids is 1. The zero-order valence-electron chi connectivity index (χ0n) is 10.0. The number of nitrogens with zero attached hydrogens (tertiary/aromatic N) is 3. The van der Waals surface area contributed by atoms with Crippen molar-refractivity contribution in [1.29, 1.82) is 5.26 Å². The van der Waals surface area contributed by atoms with Crippen molar-refractivity contribution in [1.82, 2.24) is 9.47 Å².